The first-order valence-corrected chi connectivity index (χ1v) is 20.3. The molecule has 2 fully saturated rings. The molecule has 4 amide bonds. The van der Waals surface area contributed by atoms with Gasteiger partial charge < -0.3 is 46.7 Å². The molecule has 2 saturated heterocycles. The number of anilines is 1. The standard InChI is InChI=1S/C45H45N5O8S.BrH/c1-45(2,3)58-44(55)47-37-41(53)50-38(43(54)57-39(30-11-7-5-8-12-30)31-13-9-6-10-14-31)33(28-59-42(37)50)25-32-21-24-49(40(32)52)26-29-19-22-48(23-20-29)27-36(51)46-34-15-17-35(56-4)18-16-34;/h5-20,22-23,25,37,39,42H,21,24,26-28H2,1-4H3,(H-,46,47,51,55);1H/t37-,42-;/m1./s1. The van der Waals surface area contributed by atoms with E-state index in [9.17, 15) is 24.0 Å². The molecule has 7 rings (SSSR count). The third-order valence-electron chi connectivity index (χ3n) is 9.89. The minimum absolute atomic E-state index is 0. The number of pyridine rings is 1. The van der Waals surface area contributed by atoms with Crippen LogP contribution in [0, 0.1) is 0 Å². The largest absolute Gasteiger partial charge is 1.00 e. The van der Waals surface area contributed by atoms with E-state index in [1.54, 1.807) is 80.1 Å². The van der Waals surface area contributed by atoms with Crippen LogP contribution in [0.4, 0.5) is 10.5 Å². The molecule has 0 unspecified atom stereocenters. The van der Waals surface area contributed by atoms with Crippen molar-refractivity contribution in [3.8, 4) is 5.75 Å². The molecule has 15 heteroatoms. The lowest BCUT2D eigenvalue weighted by Gasteiger charge is -2.49. The Morgan fingerprint density at radius 3 is 2.15 bits per heavy atom. The van der Waals surface area contributed by atoms with Crippen LogP contribution in [0.15, 0.2) is 132 Å². The fraction of sp³-hybridized carbons (Fsp3) is 0.289. The normalized spacial score (nSPS) is 18.1. The third-order valence-corrected chi connectivity index (χ3v) is 11.2. The quantitative estimate of drug-likeness (QED) is 0.0950. The molecular formula is C45H46BrN5O8S. The van der Waals surface area contributed by atoms with Crippen molar-refractivity contribution >= 4 is 47.2 Å². The van der Waals surface area contributed by atoms with Gasteiger partial charge in [0.05, 0.1) is 7.11 Å². The van der Waals surface area contributed by atoms with Crippen LogP contribution < -0.4 is 36.9 Å². The van der Waals surface area contributed by atoms with Gasteiger partial charge in [0.25, 0.3) is 11.8 Å². The molecule has 3 aliphatic heterocycles. The summed E-state index contributed by atoms with van der Waals surface area (Å²) in [6, 6.07) is 28.6. The lowest BCUT2D eigenvalue weighted by molar-refractivity contribution is -0.684. The molecule has 1 aromatic heterocycles. The van der Waals surface area contributed by atoms with Gasteiger partial charge in [-0.2, -0.15) is 4.57 Å². The first-order valence-electron chi connectivity index (χ1n) is 19.3. The number of methoxy groups -OCH3 is 1. The number of amides is 4. The molecule has 60 heavy (non-hydrogen) atoms. The van der Waals surface area contributed by atoms with Crippen molar-refractivity contribution < 1.29 is 59.7 Å². The van der Waals surface area contributed by atoms with Gasteiger partial charge in [-0.3, -0.25) is 19.3 Å². The Bertz CT molecular complexity index is 2240. The molecule has 2 N–H and O–H groups in total. The predicted molar refractivity (Wildman–Crippen MR) is 220 cm³/mol. The molecule has 4 aromatic rings. The number of rotatable bonds is 12. The Morgan fingerprint density at radius 2 is 1.55 bits per heavy atom. The molecule has 3 aliphatic rings. The second-order valence-electron chi connectivity index (χ2n) is 15.3. The minimum Gasteiger partial charge on any atom is -1.00 e. The number of fused-ring (bicyclic) bond motifs is 1. The Morgan fingerprint density at radius 1 is 0.917 bits per heavy atom. The molecule has 0 aliphatic carbocycles. The summed E-state index contributed by atoms with van der Waals surface area (Å²) in [6.45, 7) is 6.11. The fourth-order valence-corrected chi connectivity index (χ4v) is 8.35. The van der Waals surface area contributed by atoms with Crippen LogP contribution in [0.1, 0.15) is 50.0 Å². The van der Waals surface area contributed by atoms with Gasteiger partial charge in [-0.25, -0.2) is 9.59 Å². The monoisotopic (exact) mass is 895 g/mol. The zero-order valence-corrected chi connectivity index (χ0v) is 36.0. The summed E-state index contributed by atoms with van der Waals surface area (Å²) < 4.78 is 18.6. The first kappa shape index (κ1) is 43.6. The first-order chi connectivity index (χ1) is 28.4. The Kier molecular flexibility index (Phi) is 13.8. The number of likely N-dealkylation sites (tertiary alicyclic amines) is 1. The number of halogens is 1. The number of carbonyl (C=O) groups is 5. The van der Waals surface area contributed by atoms with Gasteiger partial charge >= 0.3 is 12.1 Å². The van der Waals surface area contributed by atoms with E-state index < -0.39 is 41.1 Å². The summed E-state index contributed by atoms with van der Waals surface area (Å²) in [5.74, 6) is -0.587. The van der Waals surface area contributed by atoms with Crippen LogP contribution in [-0.4, -0.2) is 76.0 Å². The van der Waals surface area contributed by atoms with Gasteiger partial charge in [0, 0.05) is 42.2 Å². The van der Waals surface area contributed by atoms with Gasteiger partial charge in [-0.05, 0) is 79.8 Å². The minimum atomic E-state index is -0.915. The number of allylic oxidation sites excluding steroid dienone is 1. The molecule has 0 saturated carbocycles. The van der Waals surface area contributed by atoms with Crippen LogP contribution in [0.3, 0.4) is 0 Å². The number of hydrogen-bond donors (Lipinski definition) is 2. The zero-order valence-electron chi connectivity index (χ0n) is 33.6. The highest BCUT2D eigenvalue weighted by Crippen LogP contribution is 2.43. The van der Waals surface area contributed by atoms with E-state index in [1.165, 1.54) is 16.7 Å². The van der Waals surface area contributed by atoms with E-state index in [1.807, 2.05) is 72.8 Å². The number of aromatic nitrogens is 1. The van der Waals surface area contributed by atoms with Crippen LogP contribution in [0.2, 0.25) is 0 Å². The third kappa shape index (κ3) is 10.3. The number of esters is 1. The van der Waals surface area contributed by atoms with E-state index in [-0.39, 0.29) is 46.8 Å². The van der Waals surface area contributed by atoms with Crippen molar-refractivity contribution in [1.29, 1.82) is 0 Å². The van der Waals surface area contributed by atoms with E-state index in [0.717, 1.165) is 16.7 Å². The van der Waals surface area contributed by atoms with E-state index >= 15 is 0 Å². The summed E-state index contributed by atoms with van der Waals surface area (Å²) in [5, 5.41) is 4.96. The second kappa shape index (κ2) is 19.0. The van der Waals surface area contributed by atoms with Crippen molar-refractivity contribution in [1.82, 2.24) is 15.1 Å². The maximum Gasteiger partial charge on any atom is 0.408 e. The van der Waals surface area contributed by atoms with Gasteiger partial charge in [-0.15, -0.1) is 11.8 Å². The van der Waals surface area contributed by atoms with Crippen molar-refractivity contribution in [2.75, 3.05) is 24.7 Å². The fourth-order valence-electron chi connectivity index (χ4n) is 7.05. The van der Waals surface area contributed by atoms with Crippen LogP contribution in [0.5, 0.6) is 5.75 Å². The number of thioether (sulfide) groups is 1. The molecule has 4 heterocycles. The molecule has 0 radical (unpaired) electrons. The molecule has 312 valence electrons. The Labute approximate surface area is 363 Å². The maximum atomic E-state index is 14.4. The lowest BCUT2D eigenvalue weighted by Crippen LogP contribution is -3.00. The highest BCUT2D eigenvalue weighted by molar-refractivity contribution is 8.00. The second-order valence-corrected chi connectivity index (χ2v) is 16.4. The van der Waals surface area contributed by atoms with Gasteiger partial charge in [-0.1, -0.05) is 60.7 Å². The number of ether oxygens (including phenoxy) is 3. The van der Waals surface area contributed by atoms with E-state index in [0.29, 0.717) is 42.1 Å². The van der Waals surface area contributed by atoms with E-state index in [4.69, 9.17) is 14.2 Å². The Hall–Kier alpha value is -5.93. The topological polar surface area (TPSA) is 147 Å². The predicted octanol–water partition coefficient (Wildman–Crippen LogP) is 2.68. The van der Waals surface area contributed by atoms with Crippen molar-refractivity contribution in [3.63, 3.8) is 0 Å². The maximum absolute atomic E-state index is 14.4. The average molecular weight is 897 g/mol. The number of benzene rings is 3. The smallest absolute Gasteiger partial charge is 0.408 e. The SMILES string of the molecule is COc1ccc(NC(=O)C[n+]2ccc(CN3CCC(=CC4=C(C(=O)OC(c5ccccc5)c5ccccc5)N5C(=O)[C@@H](NC(=O)OC(C)(C)C)[C@H]5SC4)C3=O)cc2)cc1.[Br-]. The van der Waals surface area contributed by atoms with Crippen molar-refractivity contribution in [2.24, 2.45) is 0 Å². The van der Waals surface area contributed by atoms with Crippen molar-refractivity contribution in [2.45, 2.75) is 63.4 Å². The molecule has 2 atom stereocenters. The zero-order chi connectivity index (χ0) is 41.7. The Balaban J connectivity index is 0.00000604. The summed E-state index contributed by atoms with van der Waals surface area (Å²) in [4.78, 5) is 70.5. The molecular weight excluding hydrogens is 850 g/mol. The van der Waals surface area contributed by atoms with Crippen LogP contribution in [0.25, 0.3) is 0 Å². The number of nitrogens with zero attached hydrogens (tertiary/aromatic N) is 3. The number of alkyl carbamates (subject to hydrolysis) is 1. The van der Waals surface area contributed by atoms with Crippen LogP contribution in [-0.2, 0) is 41.7 Å². The van der Waals surface area contributed by atoms with Crippen LogP contribution >= 0.6 is 11.8 Å². The molecule has 13 nitrogen and oxygen atoms in total. The number of hydrogen-bond acceptors (Lipinski definition) is 9. The molecule has 3 aromatic carbocycles. The summed E-state index contributed by atoms with van der Waals surface area (Å²) >= 11 is 1.38. The van der Waals surface area contributed by atoms with Gasteiger partial charge in [0.1, 0.15) is 28.5 Å². The molecule has 0 spiro atoms. The summed E-state index contributed by atoms with van der Waals surface area (Å²) in [5.41, 5.74) is 3.31. The number of nitrogens with one attached hydrogen (secondary N) is 2. The highest BCUT2D eigenvalue weighted by atomic mass is 79.9. The highest BCUT2D eigenvalue weighted by Gasteiger charge is 2.55. The summed E-state index contributed by atoms with van der Waals surface area (Å²) in [7, 11) is 1.58. The number of β-lactam (4-membered cyclic amide) rings is 1. The van der Waals surface area contributed by atoms with Crippen molar-refractivity contribution in [3.05, 3.63) is 149 Å². The van der Waals surface area contributed by atoms with Gasteiger partial charge in [0.15, 0.2) is 18.5 Å². The summed E-state index contributed by atoms with van der Waals surface area (Å²) in [6.07, 6.45) is 4.24. The average Bonchev–Trinajstić information content (AvgIpc) is 3.56. The number of carbonyl (C=O) groups excluding carboxylic acids is 5. The lowest BCUT2D eigenvalue weighted by atomic mass is 10.00. The molecule has 0 bridgehead atoms. The van der Waals surface area contributed by atoms with Gasteiger partial charge in [0.2, 0.25) is 12.5 Å². The van der Waals surface area contributed by atoms with E-state index in [2.05, 4.69) is 10.6 Å².